The van der Waals surface area contributed by atoms with Gasteiger partial charge >= 0.3 is 7.82 Å². The van der Waals surface area contributed by atoms with Crippen molar-refractivity contribution in [2.24, 2.45) is 5.41 Å². The molecule has 0 aliphatic carbocycles. The molecule has 1 atom stereocenters. The predicted molar refractivity (Wildman–Crippen MR) is 134 cm³/mol. The van der Waals surface area contributed by atoms with Gasteiger partial charge in [-0.15, -0.1) is 0 Å². The van der Waals surface area contributed by atoms with Crippen LogP contribution in [0.15, 0.2) is 23.0 Å². The Morgan fingerprint density at radius 2 is 1.87 bits per heavy atom. The van der Waals surface area contributed by atoms with Crippen LogP contribution in [0.3, 0.4) is 0 Å². The number of rotatable bonds is 7. The van der Waals surface area contributed by atoms with Crippen LogP contribution < -0.4 is 5.56 Å². The zero-order valence-electron chi connectivity index (χ0n) is 21.2. The number of fused-ring (bicyclic) bond motifs is 3. The van der Waals surface area contributed by atoms with Crippen molar-refractivity contribution in [3.63, 3.8) is 0 Å². The fourth-order valence-electron chi connectivity index (χ4n) is 5.75. The Morgan fingerprint density at radius 3 is 2.45 bits per heavy atom. The van der Waals surface area contributed by atoms with Gasteiger partial charge in [0.05, 0.1) is 17.2 Å². The van der Waals surface area contributed by atoms with Gasteiger partial charge in [0.1, 0.15) is 17.2 Å². The first kappa shape index (κ1) is 28.3. The van der Waals surface area contributed by atoms with E-state index >= 15 is 0 Å². The number of amides is 2. The van der Waals surface area contributed by atoms with Gasteiger partial charge < -0.3 is 24.7 Å². The summed E-state index contributed by atoms with van der Waals surface area (Å²) >= 11 is 5.86. The van der Waals surface area contributed by atoms with Gasteiger partial charge in [-0.05, 0) is 30.5 Å². The molecule has 0 saturated carbocycles. The SMILES string of the molecule is CC[C@]1(C(C)(C)COP(=O)(O)O)N(C)C(=O)c2c3c(c(O)c(=O)n21)C(=O)N(Cc1ccc(F)c(Cl)c1)CC3. The van der Waals surface area contributed by atoms with E-state index in [0.717, 1.165) is 4.57 Å². The average molecular weight is 572 g/mol. The first-order valence-electron chi connectivity index (χ1n) is 11.8. The summed E-state index contributed by atoms with van der Waals surface area (Å²) in [5.41, 5.74) is -3.27. The van der Waals surface area contributed by atoms with Crippen LogP contribution in [-0.4, -0.2) is 61.3 Å². The number of aromatic hydroxyl groups is 1. The van der Waals surface area contributed by atoms with Crippen molar-refractivity contribution in [1.82, 2.24) is 14.4 Å². The molecule has 0 saturated heterocycles. The van der Waals surface area contributed by atoms with Gasteiger partial charge in [0.15, 0.2) is 5.75 Å². The van der Waals surface area contributed by atoms with E-state index in [1.165, 1.54) is 35.0 Å². The minimum Gasteiger partial charge on any atom is -0.502 e. The minimum absolute atomic E-state index is 0.0373. The highest BCUT2D eigenvalue weighted by Crippen LogP contribution is 2.51. The molecule has 38 heavy (non-hydrogen) atoms. The quantitative estimate of drug-likeness (QED) is 0.430. The standard InChI is InChI=1S/C24H28ClFN3O8P/c1-5-24(23(2,3)12-37-38(34,35)36)27(4)21(32)18-14-8-9-28(11-13-6-7-16(26)15(25)10-13)20(31)17(14)19(30)22(33)29(18)24/h6-7,10,30H,5,8-9,11-12H2,1-4H3,(H2,34,35,36)/t24-/m0/s1. The van der Waals surface area contributed by atoms with E-state index in [-0.39, 0.29) is 47.8 Å². The van der Waals surface area contributed by atoms with E-state index < -0.39 is 54.4 Å². The molecule has 3 N–H and O–H groups in total. The summed E-state index contributed by atoms with van der Waals surface area (Å²) in [6.45, 7) is 4.55. The van der Waals surface area contributed by atoms with Crippen LogP contribution >= 0.6 is 19.4 Å². The molecule has 0 fully saturated rings. The fourth-order valence-corrected chi connectivity index (χ4v) is 6.44. The van der Waals surface area contributed by atoms with E-state index in [4.69, 9.17) is 16.1 Å². The summed E-state index contributed by atoms with van der Waals surface area (Å²) < 4.78 is 30.9. The lowest BCUT2D eigenvalue weighted by Gasteiger charge is -2.48. The maximum absolute atomic E-state index is 13.6. The van der Waals surface area contributed by atoms with Gasteiger partial charge in [-0.1, -0.05) is 38.4 Å². The highest BCUT2D eigenvalue weighted by atomic mass is 35.5. The highest BCUT2D eigenvalue weighted by Gasteiger charge is 2.58. The number of aromatic nitrogens is 1. The zero-order valence-corrected chi connectivity index (χ0v) is 22.8. The van der Waals surface area contributed by atoms with Crippen LogP contribution in [0.25, 0.3) is 0 Å². The number of phosphoric ester groups is 1. The van der Waals surface area contributed by atoms with Gasteiger partial charge in [0.2, 0.25) is 0 Å². The number of hydrogen-bond donors (Lipinski definition) is 3. The largest absolute Gasteiger partial charge is 0.502 e. The molecule has 4 rings (SSSR count). The average Bonchev–Trinajstić information content (AvgIpc) is 3.07. The van der Waals surface area contributed by atoms with Crippen molar-refractivity contribution in [2.45, 2.75) is 45.8 Å². The number of halogens is 2. The third-order valence-corrected chi connectivity index (χ3v) is 8.30. The lowest BCUT2D eigenvalue weighted by molar-refractivity contribution is -0.0643. The van der Waals surface area contributed by atoms with E-state index in [2.05, 4.69) is 0 Å². The van der Waals surface area contributed by atoms with E-state index in [0.29, 0.717) is 5.56 Å². The Bertz CT molecular complexity index is 1460. The van der Waals surface area contributed by atoms with Crippen molar-refractivity contribution in [1.29, 1.82) is 0 Å². The second kappa shape index (κ2) is 9.46. The molecule has 2 aliphatic heterocycles. The Morgan fingerprint density at radius 1 is 1.21 bits per heavy atom. The lowest BCUT2D eigenvalue weighted by Crippen LogP contribution is -2.59. The number of carbonyl (C=O) groups is 2. The van der Waals surface area contributed by atoms with Gasteiger partial charge in [0.25, 0.3) is 17.4 Å². The molecular weight excluding hydrogens is 544 g/mol. The second-order valence-corrected chi connectivity index (χ2v) is 11.7. The minimum atomic E-state index is -4.87. The smallest absolute Gasteiger partial charge is 0.469 e. The Hall–Kier alpha value is -2.76. The molecule has 11 nitrogen and oxygen atoms in total. The molecule has 2 aliphatic rings. The number of carbonyl (C=O) groups excluding carboxylic acids is 2. The molecule has 2 amide bonds. The van der Waals surface area contributed by atoms with Gasteiger partial charge in [-0.2, -0.15) is 0 Å². The third-order valence-electron chi connectivity index (χ3n) is 7.55. The fraction of sp³-hybridized carbons (Fsp3) is 0.458. The van der Waals surface area contributed by atoms with Crippen LogP contribution in [0, 0.1) is 11.2 Å². The maximum atomic E-state index is 13.6. The number of pyridine rings is 1. The molecule has 0 spiro atoms. The number of hydrogen-bond acceptors (Lipinski definition) is 6. The van der Waals surface area contributed by atoms with Crippen molar-refractivity contribution < 1.29 is 38.0 Å². The van der Waals surface area contributed by atoms with Crippen LogP contribution in [-0.2, 0) is 27.7 Å². The van der Waals surface area contributed by atoms with Crippen LogP contribution in [0.2, 0.25) is 5.02 Å². The lowest BCUT2D eigenvalue weighted by atomic mass is 9.76. The monoisotopic (exact) mass is 571 g/mol. The van der Waals surface area contributed by atoms with Crippen molar-refractivity contribution in [2.75, 3.05) is 20.2 Å². The second-order valence-electron chi connectivity index (χ2n) is 10.1. The normalized spacial score (nSPS) is 19.7. The topological polar surface area (TPSA) is 150 Å². The predicted octanol–water partition coefficient (Wildman–Crippen LogP) is 2.83. The summed E-state index contributed by atoms with van der Waals surface area (Å²) in [5, 5.41) is 10.9. The molecule has 2 aromatic rings. The maximum Gasteiger partial charge on any atom is 0.469 e. The zero-order chi connectivity index (χ0) is 28.4. The van der Waals surface area contributed by atoms with E-state index in [9.17, 15) is 38.2 Å². The van der Waals surface area contributed by atoms with Crippen molar-refractivity contribution >= 4 is 31.2 Å². The summed E-state index contributed by atoms with van der Waals surface area (Å²) in [7, 11) is -3.42. The summed E-state index contributed by atoms with van der Waals surface area (Å²) in [5.74, 6) is -2.68. The first-order valence-corrected chi connectivity index (χ1v) is 13.7. The molecule has 1 aromatic heterocycles. The van der Waals surface area contributed by atoms with Crippen molar-refractivity contribution in [3.05, 3.63) is 61.8 Å². The summed E-state index contributed by atoms with van der Waals surface area (Å²) in [6, 6.07) is 4.03. The Kier molecular flexibility index (Phi) is 7.03. The third kappa shape index (κ3) is 4.24. The van der Waals surface area contributed by atoms with Crippen molar-refractivity contribution in [3.8, 4) is 5.75 Å². The molecule has 14 heteroatoms. The Balaban J connectivity index is 1.84. The molecule has 0 radical (unpaired) electrons. The highest BCUT2D eigenvalue weighted by molar-refractivity contribution is 7.46. The molecule has 3 heterocycles. The molecule has 0 bridgehead atoms. The number of nitrogens with zero attached hydrogens (tertiary/aromatic N) is 3. The molecule has 0 unspecified atom stereocenters. The van der Waals surface area contributed by atoms with Gasteiger partial charge in [0, 0.05) is 31.1 Å². The van der Waals surface area contributed by atoms with Gasteiger partial charge in [-0.25, -0.2) is 8.96 Å². The number of benzene rings is 1. The van der Waals surface area contributed by atoms with E-state index in [1.807, 2.05) is 0 Å². The summed E-state index contributed by atoms with van der Waals surface area (Å²) in [6.07, 6.45) is 0.265. The van der Waals surface area contributed by atoms with Crippen LogP contribution in [0.5, 0.6) is 5.75 Å². The summed E-state index contributed by atoms with van der Waals surface area (Å²) in [4.78, 5) is 61.9. The van der Waals surface area contributed by atoms with Crippen LogP contribution in [0.1, 0.15) is 59.2 Å². The first-order chi connectivity index (χ1) is 17.6. The van der Waals surface area contributed by atoms with Gasteiger partial charge in [-0.3, -0.25) is 23.5 Å². The van der Waals surface area contributed by atoms with Crippen LogP contribution in [0.4, 0.5) is 4.39 Å². The molecule has 1 aromatic carbocycles. The molecule has 206 valence electrons. The number of phosphoric acid groups is 1. The Labute approximate surface area is 222 Å². The molecular formula is C24H28ClFN3O8P. The van der Waals surface area contributed by atoms with E-state index in [1.54, 1.807) is 20.8 Å².